The summed E-state index contributed by atoms with van der Waals surface area (Å²) >= 11 is 0. The van der Waals surface area contributed by atoms with Crippen LogP contribution in [0.15, 0.2) is 18.3 Å². The molecule has 128 valence electrons. The smallest absolute Gasteiger partial charge is 0.317 e. The van der Waals surface area contributed by atoms with Crippen molar-refractivity contribution in [2.45, 2.75) is 38.6 Å². The number of carbonyl (C=O) groups is 1. The number of rotatable bonds is 2. The zero-order chi connectivity index (χ0) is 16.9. The van der Waals surface area contributed by atoms with Gasteiger partial charge >= 0.3 is 6.03 Å². The summed E-state index contributed by atoms with van der Waals surface area (Å²) in [6, 6.07) is 6.12. The Hall–Kier alpha value is -2.29. The number of nitrogens with zero attached hydrogens (tertiary/aromatic N) is 4. The zero-order valence-electron chi connectivity index (χ0n) is 14.2. The lowest BCUT2D eigenvalue weighted by molar-refractivity contribution is 0.164. The average Bonchev–Trinajstić information content (AvgIpc) is 2.62. The maximum absolute atomic E-state index is 12.4. The Morgan fingerprint density at radius 2 is 2.08 bits per heavy atom. The van der Waals surface area contributed by atoms with Crippen molar-refractivity contribution >= 4 is 11.8 Å². The Kier molecular flexibility index (Phi) is 5.19. The van der Waals surface area contributed by atoms with Gasteiger partial charge in [0.05, 0.1) is 5.56 Å². The van der Waals surface area contributed by atoms with Crippen molar-refractivity contribution < 1.29 is 4.79 Å². The third-order valence-electron chi connectivity index (χ3n) is 4.97. The summed E-state index contributed by atoms with van der Waals surface area (Å²) in [6.45, 7) is 5.72. The Bertz CT molecular complexity index is 601. The molecular formula is C18H25N5O. The van der Waals surface area contributed by atoms with Crippen LogP contribution >= 0.6 is 0 Å². The van der Waals surface area contributed by atoms with E-state index in [2.05, 4.69) is 28.2 Å². The van der Waals surface area contributed by atoms with Gasteiger partial charge in [-0.05, 0) is 43.7 Å². The van der Waals surface area contributed by atoms with Crippen LogP contribution in [0.25, 0.3) is 0 Å². The Morgan fingerprint density at radius 1 is 1.29 bits per heavy atom. The Balaban J connectivity index is 1.48. The highest BCUT2D eigenvalue weighted by Crippen LogP contribution is 2.19. The summed E-state index contributed by atoms with van der Waals surface area (Å²) in [5.41, 5.74) is 0.580. The van der Waals surface area contributed by atoms with Crippen LogP contribution in [-0.2, 0) is 0 Å². The van der Waals surface area contributed by atoms with Crippen LogP contribution in [0.2, 0.25) is 0 Å². The van der Waals surface area contributed by atoms with E-state index >= 15 is 0 Å². The van der Waals surface area contributed by atoms with Gasteiger partial charge in [-0.25, -0.2) is 9.78 Å². The molecule has 1 unspecified atom stereocenters. The molecule has 6 nitrogen and oxygen atoms in total. The molecule has 0 radical (unpaired) electrons. The SMILES string of the molecule is CC1CCCN(C(=O)NC2CCN(c3ccc(C#N)cn3)CC2)C1. The third-order valence-corrected chi connectivity index (χ3v) is 4.97. The van der Waals surface area contributed by atoms with Crippen molar-refractivity contribution in [3.63, 3.8) is 0 Å². The van der Waals surface area contributed by atoms with E-state index in [1.807, 2.05) is 11.0 Å². The number of nitrogens with one attached hydrogen (secondary N) is 1. The highest BCUT2D eigenvalue weighted by molar-refractivity contribution is 5.74. The standard InChI is InChI=1S/C18H25N5O/c1-14-3-2-8-23(13-14)18(24)21-16-6-9-22(10-7-16)17-5-4-15(11-19)12-20-17/h4-5,12,14,16H,2-3,6-10,13H2,1H3,(H,21,24). The lowest BCUT2D eigenvalue weighted by Gasteiger charge is -2.36. The number of aromatic nitrogens is 1. The molecule has 1 atom stereocenters. The number of hydrogen-bond acceptors (Lipinski definition) is 4. The highest BCUT2D eigenvalue weighted by Gasteiger charge is 2.25. The highest BCUT2D eigenvalue weighted by atomic mass is 16.2. The molecule has 1 aromatic heterocycles. The largest absolute Gasteiger partial charge is 0.356 e. The summed E-state index contributed by atoms with van der Waals surface area (Å²) in [6.07, 6.45) is 5.80. The second-order valence-corrected chi connectivity index (χ2v) is 6.92. The first kappa shape index (κ1) is 16.6. The van der Waals surface area contributed by atoms with Crippen LogP contribution in [0.1, 0.15) is 38.2 Å². The van der Waals surface area contributed by atoms with E-state index < -0.39 is 0 Å². The molecular weight excluding hydrogens is 302 g/mol. The van der Waals surface area contributed by atoms with E-state index in [0.717, 1.165) is 51.3 Å². The van der Waals surface area contributed by atoms with Crippen molar-refractivity contribution in [3.8, 4) is 6.07 Å². The van der Waals surface area contributed by atoms with Gasteiger partial charge in [0, 0.05) is 38.4 Å². The molecule has 2 aliphatic rings. The molecule has 24 heavy (non-hydrogen) atoms. The molecule has 0 aliphatic carbocycles. The van der Waals surface area contributed by atoms with Gasteiger partial charge in [0.1, 0.15) is 11.9 Å². The maximum atomic E-state index is 12.4. The molecule has 3 rings (SSSR count). The molecule has 1 aromatic rings. The van der Waals surface area contributed by atoms with Gasteiger partial charge in [-0.2, -0.15) is 5.26 Å². The maximum Gasteiger partial charge on any atom is 0.317 e. The van der Waals surface area contributed by atoms with Crippen molar-refractivity contribution in [1.29, 1.82) is 5.26 Å². The number of piperidine rings is 2. The van der Waals surface area contributed by atoms with E-state index in [4.69, 9.17) is 5.26 Å². The summed E-state index contributed by atoms with van der Waals surface area (Å²) in [5.74, 6) is 1.51. The van der Waals surface area contributed by atoms with Crippen molar-refractivity contribution in [3.05, 3.63) is 23.9 Å². The minimum absolute atomic E-state index is 0.0940. The fourth-order valence-corrected chi connectivity index (χ4v) is 3.53. The number of nitriles is 1. The summed E-state index contributed by atoms with van der Waals surface area (Å²) < 4.78 is 0. The molecule has 0 saturated carbocycles. The predicted molar refractivity (Wildman–Crippen MR) is 92.7 cm³/mol. The van der Waals surface area contributed by atoms with E-state index in [1.165, 1.54) is 6.42 Å². The molecule has 3 heterocycles. The van der Waals surface area contributed by atoms with Gasteiger partial charge in [-0.15, -0.1) is 0 Å². The molecule has 0 bridgehead atoms. The van der Waals surface area contributed by atoms with Crippen molar-refractivity contribution in [1.82, 2.24) is 15.2 Å². The fraction of sp³-hybridized carbons (Fsp3) is 0.611. The summed E-state index contributed by atoms with van der Waals surface area (Å²) in [7, 11) is 0. The van der Waals surface area contributed by atoms with E-state index in [0.29, 0.717) is 11.5 Å². The minimum Gasteiger partial charge on any atom is -0.356 e. The van der Waals surface area contributed by atoms with Crippen LogP contribution < -0.4 is 10.2 Å². The molecule has 0 spiro atoms. The van der Waals surface area contributed by atoms with Gasteiger partial charge in [-0.1, -0.05) is 6.92 Å². The minimum atomic E-state index is 0.0940. The van der Waals surface area contributed by atoms with Gasteiger partial charge in [0.2, 0.25) is 0 Å². The van der Waals surface area contributed by atoms with Crippen LogP contribution in [0.4, 0.5) is 10.6 Å². The molecule has 2 saturated heterocycles. The monoisotopic (exact) mass is 327 g/mol. The van der Waals surface area contributed by atoms with Crippen molar-refractivity contribution in [2.75, 3.05) is 31.1 Å². The second-order valence-electron chi connectivity index (χ2n) is 6.92. The van der Waals surface area contributed by atoms with E-state index in [9.17, 15) is 4.79 Å². The number of anilines is 1. The Labute approximate surface area is 143 Å². The van der Waals surface area contributed by atoms with Gasteiger partial charge < -0.3 is 15.1 Å². The van der Waals surface area contributed by atoms with Crippen LogP contribution in [-0.4, -0.2) is 48.1 Å². The first-order valence-corrected chi connectivity index (χ1v) is 8.82. The van der Waals surface area contributed by atoms with Gasteiger partial charge in [0.25, 0.3) is 0 Å². The average molecular weight is 327 g/mol. The normalized spacial score (nSPS) is 22.1. The van der Waals surface area contributed by atoms with Gasteiger partial charge in [0.15, 0.2) is 0 Å². The molecule has 2 fully saturated rings. The quantitative estimate of drug-likeness (QED) is 0.905. The molecule has 2 amide bonds. The van der Waals surface area contributed by atoms with Gasteiger partial charge in [-0.3, -0.25) is 0 Å². The third kappa shape index (κ3) is 3.97. The number of carbonyl (C=O) groups excluding carboxylic acids is 1. The topological polar surface area (TPSA) is 72.3 Å². The number of likely N-dealkylation sites (tertiary alicyclic amines) is 1. The fourth-order valence-electron chi connectivity index (χ4n) is 3.53. The summed E-state index contributed by atoms with van der Waals surface area (Å²) in [4.78, 5) is 20.9. The van der Waals surface area contributed by atoms with Crippen LogP contribution in [0, 0.1) is 17.2 Å². The predicted octanol–water partition coefficient (Wildman–Crippen LogP) is 2.36. The number of pyridine rings is 1. The second kappa shape index (κ2) is 7.52. The van der Waals surface area contributed by atoms with Crippen molar-refractivity contribution in [2.24, 2.45) is 5.92 Å². The number of amides is 2. The molecule has 6 heteroatoms. The number of hydrogen-bond donors (Lipinski definition) is 1. The van der Waals surface area contributed by atoms with Crippen LogP contribution in [0.5, 0.6) is 0 Å². The lowest BCUT2D eigenvalue weighted by atomic mass is 10.0. The van der Waals surface area contributed by atoms with E-state index in [-0.39, 0.29) is 12.1 Å². The van der Waals surface area contributed by atoms with Crippen LogP contribution in [0.3, 0.4) is 0 Å². The first-order valence-electron chi connectivity index (χ1n) is 8.82. The van der Waals surface area contributed by atoms with E-state index in [1.54, 1.807) is 12.3 Å². The Morgan fingerprint density at radius 3 is 2.71 bits per heavy atom. The molecule has 1 N–H and O–H groups in total. The molecule has 2 aliphatic heterocycles. The zero-order valence-corrected chi connectivity index (χ0v) is 14.2. The summed E-state index contributed by atoms with van der Waals surface area (Å²) in [5, 5.41) is 12.0. The lowest BCUT2D eigenvalue weighted by Crippen LogP contribution is -2.51. The first-order chi connectivity index (χ1) is 11.7. The number of urea groups is 1. The molecule has 0 aromatic carbocycles.